The fraction of sp³-hybridized carbons (Fsp3) is 0. The Labute approximate surface area is 87.9 Å². The predicted octanol–water partition coefficient (Wildman–Crippen LogP) is 0.110. The molecular weight excluding hydrogens is 166 g/mol. The van der Waals surface area contributed by atoms with Crippen LogP contribution in [0.4, 0.5) is 0 Å². The molecule has 0 heterocycles. The molecule has 0 saturated carbocycles. The van der Waals surface area contributed by atoms with Gasteiger partial charge in [0.1, 0.15) is 0 Å². The van der Waals surface area contributed by atoms with E-state index < -0.39 is 0 Å². The maximum absolute atomic E-state index is 5.55. The van der Waals surface area contributed by atoms with Gasteiger partial charge >= 0.3 is 29.6 Å². The molecule has 0 bridgehead atoms. The third kappa shape index (κ3) is 3.49. The minimum Gasteiger partial charge on any atom is -1.00 e. The molecule has 0 amide bonds. The summed E-state index contributed by atoms with van der Waals surface area (Å²) in [6.45, 7) is 0. The van der Waals surface area contributed by atoms with Gasteiger partial charge in [0.05, 0.1) is 0 Å². The zero-order valence-electron chi connectivity index (χ0n) is 6.07. The fourth-order valence-corrected chi connectivity index (χ4v) is 0.682. The first-order valence-electron chi connectivity index (χ1n) is 2.20. The van der Waals surface area contributed by atoms with Crippen LogP contribution in [-0.2, 0) is 0 Å². The van der Waals surface area contributed by atoms with Gasteiger partial charge in [-0.1, -0.05) is 23.2 Å². The first-order chi connectivity index (χ1) is 3.79. The molecule has 0 aromatic heterocycles. The summed E-state index contributed by atoms with van der Waals surface area (Å²) in [5.74, 6) is 0. The van der Waals surface area contributed by atoms with Crippen LogP contribution < -0.4 is 29.6 Å². The maximum atomic E-state index is 5.55. The third-order valence-electron chi connectivity index (χ3n) is 0.804. The Morgan fingerprint density at radius 2 is 1.11 bits per heavy atom. The molecule has 44 valence electrons. The van der Waals surface area contributed by atoms with Crippen molar-refractivity contribution in [3.63, 3.8) is 0 Å². The largest absolute Gasteiger partial charge is 1.00 e. The van der Waals surface area contributed by atoms with Crippen molar-refractivity contribution >= 4 is 23.2 Å². The SMILES string of the molecule is Clc1ccc(Cl)cc1.[H-].[Na+]. The molecule has 0 atom stereocenters. The van der Waals surface area contributed by atoms with Crippen LogP contribution in [0.15, 0.2) is 24.3 Å². The second-order valence-electron chi connectivity index (χ2n) is 1.44. The zero-order valence-corrected chi connectivity index (χ0v) is 8.58. The van der Waals surface area contributed by atoms with Crippen LogP contribution >= 0.6 is 23.2 Å². The van der Waals surface area contributed by atoms with E-state index in [2.05, 4.69) is 0 Å². The Kier molecular flexibility index (Phi) is 5.00. The van der Waals surface area contributed by atoms with E-state index in [0.29, 0.717) is 0 Å². The Morgan fingerprint density at radius 3 is 1.33 bits per heavy atom. The fourth-order valence-electron chi connectivity index (χ4n) is 0.430. The average Bonchev–Trinajstić information content (AvgIpc) is 1.77. The topological polar surface area (TPSA) is 0 Å². The van der Waals surface area contributed by atoms with Gasteiger partial charge in [0, 0.05) is 10.0 Å². The minimum atomic E-state index is 0. The molecule has 0 fully saturated rings. The summed E-state index contributed by atoms with van der Waals surface area (Å²) in [7, 11) is 0. The summed E-state index contributed by atoms with van der Waals surface area (Å²) in [5, 5.41) is 1.43. The number of hydrogen-bond donors (Lipinski definition) is 0. The molecule has 0 radical (unpaired) electrons. The summed E-state index contributed by atoms with van der Waals surface area (Å²) in [6.07, 6.45) is 0. The molecule has 3 heteroatoms. The van der Waals surface area contributed by atoms with E-state index in [1.54, 1.807) is 24.3 Å². The molecule has 1 aromatic rings. The molecular formula is C6H5Cl2Na. The third-order valence-corrected chi connectivity index (χ3v) is 1.31. The van der Waals surface area contributed by atoms with Crippen molar-refractivity contribution in [3.05, 3.63) is 34.3 Å². The number of rotatable bonds is 0. The van der Waals surface area contributed by atoms with E-state index in [4.69, 9.17) is 23.2 Å². The van der Waals surface area contributed by atoms with Crippen LogP contribution in [0.5, 0.6) is 0 Å². The van der Waals surface area contributed by atoms with E-state index in [-0.39, 0.29) is 31.0 Å². The van der Waals surface area contributed by atoms with Crippen LogP contribution in [0.2, 0.25) is 10.0 Å². The Bertz CT molecular complexity index is 155. The van der Waals surface area contributed by atoms with Crippen molar-refractivity contribution in [1.29, 1.82) is 0 Å². The molecule has 0 aliphatic rings. The smallest absolute Gasteiger partial charge is 1.00 e. The quantitative estimate of drug-likeness (QED) is 0.486. The van der Waals surface area contributed by atoms with Crippen molar-refractivity contribution in [3.8, 4) is 0 Å². The van der Waals surface area contributed by atoms with Crippen LogP contribution in [-0.4, -0.2) is 0 Å². The molecule has 0 aliphatic heterocycles. The van der Waals surface area contributed by atoms with Gasteiger partial charge in [-0.05, 0) is 24.3 Å². The average molecular weight is 171 g/mol. The second kappa shape index (κ2) is 4.59. The number of hydrogen-bond acceptors (Lipinski definition) is 0. The summed E-state index contributed by atoms with van der Waals surface area (Å²) < 4.78 is 0. The minimum absolute atomic E-state index is 0. The van der Waals surface area contributed by atoms with E-state index in [9.17, 15) is 0 Å². The van der Waals surface area contributed by atoms with Crippen LogP contribution in [0, 0.1) is 0 Å². The Hall–Kier alpha value is 0.800. The maximum Gasteiger partial charge on any atom is 1.00 e. The summed E-state index contributed by atoms with van der Waals surface area (Å²) in [6, 6.07) is 7.02. The number of halogens is 2. The van der Waals surface area contributed by atoms with Crippen molar-refractivity contribution in [2.24, 2.45) is 0 Å². The first-order valence-corrected chi connectivity index (χ1v) is 2.96. The summed E-state index contributed by atoms with van der Waals surface area (Å²) in [5.41, 5.74) is 0. The van der Waals surface area contributed by atoms with Crippen LogP contribution in [0.3, 0.4) is 0 Å². The van der Waals surface area contributed by atoms with Crippen molar-refractivity contribution in [2.75, 3.05) is 0 Å². The molecule has 0 unspecified atom stereocenters. The normalized spacial score (nSPS) is 8.22. The van der Waals surface area contributed by atoms with Crippen molar-refractivity contribution < 1.29 is 31.0 Å². The second-order valence-corrected chi connectivity index (χ2v) is 2.31. The van der Waals surface area contributed by atoms with Gasteiger partial charge in [0.25, 0.3) is 0 Å². The van der Waals surface area contributed by atoms with Gasteiger partial charge in [0.2, 0.25) is 0 Å². The number of benzene rings is 1. The van der Waals surface area contributed by atoms with E-state index in [0.717, 1.165) is 10.0 Å². The molecule has 0 spiro atoms. The van der Waals surface area contributed by atoms with Crippen LogP contribution in [0.1, 0.15) is 1.43 Å². The monoisotopic (exact) mass is 170 g/mol. The molecule has 0 nitrogen and oxygen atoms in total. The molecule has 9 heavy (non-hydrogen) atoms. The molecule has 0 aliphatic carbocycles. The molecule has 1 rings (SSSR count). The van der Waals surface area contributed by atoms with Crippen LogP contribution in [0.25, 0.3) is 0 Å². The van der Waals surface area contributed by atoms with Gasteiger partial charge < -0.3 is 1.43 Å². The van der Waals surface area contributed by atoms with E-state index in [1.165, 1.54) is 0 Å². The van der Waals surface area contributed by atoms with Gasteiger partial charge in [-0.15, -0.1) is 0 Å². The zero-order chi connectivity index (χ0) is 5.98. The predicted molar refractivity (Wildman–Crippen MR) is 37.6 cm³/mol. The van der Waals surface area contributed by atoms with E-state index in [1.807, 2.05) is 0 Å². The molecule has 0 N–H and O–H groups in total. The summed E-state index contributed by atoms with van der Waals surface area (Å²) >= 11 is 11.1. The van der Waals surface area contributed by atoms with Gasteiger partial charge in [0.15, 0.2) is 0 Å². The first kappa shape index (κ1) is 9.80. The van der Waals surface area contributed by atoms with E-state index >= 15 is 0 Å². The summed E-state index contributed by atoms with van der Waals surface area (Å²) in [4.78, 5) is 0. The molecule has 0 saturated heterocycles. The standard InChI is InChI=1S/C6H4Cl2.Na.H/c7-5-1-2-6(8)4-3-5;;/h1-4H;;/q;+1;-1. The van der Waals surface area contributed by atoms with Gasteiger partial charge in [-0.2, -0.15) is 0 Å². The van der Waals surface area contributed by atoms with Crippen molar-refractivity contribution in [2.45, 2.75) is 0 Å². The van der Waals surface area contributed by atoms with Crippen molar-refractivity contribution in [1.82, 2.24) is 0 Å². The Balaban J connectivity index is 0. The molecule has 1 aromatic carbocycles. The Morgan fingerprint density at radius 1 is 0.889 bits per heavy atom. The van der Waals surface area contributed by atoms with Gasteiger partial charge in [-0.3, -0.25) is 0 Å². The van der Waals surface area contributed by atoms with Gasteiger partial charge in [-0.25, -0.2) is 0 Å².